The van der Waals surface area contributed by atoms with Gasteiger partial charge in [-0.1, -0.05) is 50.3 Å². The Morgan fingerprint density at radius 2 is 1.92 bits per heavy atom. The highest BCUT2D eigenvalue weighted by molar-refractivity contribution is 5.85. The lowest BCUT2D eigenvalue weighted by atomic mass is 9.87. The Balaban J connectivity index is 1.88. The van der Waals surface area contributed by atoms with Crippen LogP contribution in [0.25, 0.3) is 0 Å². The molecule has 5 nitrogen and oxygen atoms in total. The average Bonchev–Trinajstić information content (AvgIpc) is 2.64. The van der Waals surface area contributed by atoms with Gasteiger partial charge in [-0.3, -0.25) is 4.79 Å². The highest BCUT2D eigenvalue weighted by Gasteiger charge is 2.17. The number of benzene rings is 1. The van der Waals surface area contributed by atoms with Crippen molar-refractivity contribution in [2.45, 2.75) is 51.4 Å². The van der Waals surface area contributed by atoms with Crippen LogP contribution in [-0.4, -0.2) is 30.2 Å². The highest BCUT2D eigenvalue weighted by Crippen LogP contribution is 2.26. The number of carboxylic acid groups (broad SMARTS) is 1. The van der Waals surface area contributed by atoms with Crippen molar-refractivity contribution in [1.82, 2.24) is 0 Å². The number of aliphatic carboxylic acids is 1. The summed E-state index contributed by atoms with van der Waals surface area (Å²) in [6.45, 7) is 2.91. The summed E-state index contributed by atoms with van der Waals surface area (Å²) in [5, 5.41) is 12.8. The molecule has 0 heterocycles. The smallest absolute Gasteiger partial charge is 0.330 e. The van der Waals surface area contributed by atoms with Gasteiger partial charge in [0.2, 0.25) is 0 Å². The van der Waals surface area contributed by atoms with E-state index in [0.717, 1.165) is 18.2 Å². The normalized spacial score (nSPS) is 16.3. The molecule has 0 amide bonds. The van der Waals surface area contributed by atoms with E-state index >= 15 is 0 Å². The lowest BCUT2D eigenvalue weighted by Gasteiger charge is -2.21. The number of anilines is 1. The third-order valence-electron chi connectivity index (χ3n) is 4.85. The number of esters is 1. The Kier molecular flexibility index (Phi) is 8.19. The molecule has 1 aromatic carbocycles. The first-order chi connectivity index (χ1) is 12.6. The minimum Gasteiger partial charge on any atom is -0.481 e. The summed E-state index contributed by atoms with van der Waals surface area (Å²) in [6.07, 6.45) is 10.5. The molecule has 5 heteroatoms. The number of carbonyl (C=O) groups excluding carboxylic acids is 1. The quantitative estimate of drug-likeness (QED) is 0.506. The van der Waals surface area contributed by atoms with E-state index in [1.165, 1.54) is 50.7 Å². The summed E-state index contributed by atoms with van der Waals surface area (Å²) < 4.78 is 4.79. The van der Waals surface area contributed by atoms with Crippen LogP contribution in [0.2, 0.25) is 0 Å². The maximum atomic E-state index is 11.5. The van der Waals surface area contributed by atoms with Crippen molar-refractivity contribution < 1.29 is 19.4 Å². The fourth-order valence-electron chi connectivity index (χ4n) is 3.41. The van der Waals surface area contributed by atoms with Crippen molar-refractivity contribution in [2.75, 3.05) is 18.5 Å². The summed E-state index contributed by atoms with van der Waals surface area (Å²) in [5.41, 5.74) is 1.62. The maximum absolute atomic E-state index is 11.5. The minimum atomic E-state index is -0.997. The van der Waals surface area contributed by atoms with E-state index in [0.29, 0.717) is 5.56 Å². The van der Waals surface area contributed by atoms with Gasteiger partial charge < -0.3 is 15.2 Å². The van der Waals surface area contributed by atoms with E-state index in [1.807, 2.05) is 12.1 Å². The van der Waals surface area contributed by atoms with Crippen LogP contribution >= 0.6 is 0 Å². The maximum Gasteiger partial charge on any atom is 0.330 e. The monoisotopic (exact) mass is 359 g/mol. The van der Waals surface area contributed by atoms with E-state index in [2.05, 4.69) is 5.32 Å². The summed E-state index contributed by atoms with van der Waals surface area (Å²) in [7, 11) is 0. The zero-order chi connectivity index (χ0) is 18.8. The standard InChI is InChI=1S/C21H29NO4/c1-2-26-20(23)13-12-19(21(24)25)17-8-10-18(11-9-17)22-15-14-16-6-4-3-5-7-16/h8-13,16,19,22H,2-7,14-15H2,1H3,(H,24,25)/b13-12+. The summed E-state index contributed by atoms with van der Waals surface area (Å²) in [4.78, 5) is 22.9. The van der Waals surface area contributed by atoms with Crippen LogP contribution in [0.5, 0.6) is 0 Å². The average molecular weight is 359 g/mol. The molecule has 0 aromatic heterocycles. The van der Waals surface area contributed by atoms with Crippen LogP contribution in [0.4, 0.5) is 5.69 Å². The molecule has 1 fully saturated rings. The molecule has 1 aromatic rings. The van der Waals surface area contributed by atoms with Gasteiger partial charge in [-0.25, -0.2) is 4.79 Å². The predicted molar refractivity (Wildman–Crippen MR) is 102 cm³/mol. The molecule has 0 radical (unpaired) electrons. The third-order valence-corrected chi connectivity index (χ3v) is 4.85. The Hall–Kier alpha value is -2.30. The first-order valence-corrected chi connectivity index (χ1v) is 9.51. The predicted octanol–water partition coefficient (Wildman–Crippen LogP) is 4.36. The molecular weight excluding hydrogens is 330 g/mol. The SMILES string of the molecule is CCOC(=O)/C=C/C(C(=O)O)c1ccc(NCCC2CCCCC2)cc1. The highest BCUT2D eigenvalue weighted by atomic mass is 16.5. The molecule has 0 spiro atoms. The molecule has 0 bridgehead atoms. The van der Waals surface area contributed by atoms with Gasteiger partial charge in [0.1, 0.15) is 5.92 Å². The van der Waals surface area contributed by atoms with Gasteiger partial charge in [0.15, 0.2) is 0 Å². The Morgan fingerprint density at radius 3 is 2.54 bits per heavy atom. The van der Waals surface area contributed by atoms with Gasteiger partial charge in [0.25, 0.3) is 0 Å². The summed E-state index contributed by atoms with van der Waals surface area (Å²) in [6, 6.07) is 7.36. The molecule has 1 aliphatic rings. The molecule has 1 atom stereocenters. The number of ether oxygens (including phenoxy) is 1. The number of hydrogen-bond donors (Lipinski definition) is 2. The second-order valence-corrected chi connectivity index (χ2v) is 6.77. The second kappa shape index (κ2) is 10.6. The van der Waals surface area contributed by atoms with Crippen molar-refractivity contribution in [3.63, 3.8) is 0 Å². The lowest BCUT2D eigenvalue weighted by molar-refractivity contribution is -0.137. The molecule has 142 valence electrons. The Morgan fingerprint density at radius 1 is 1.23 bits per heavy atom. The Labute approximate surface area is 155 Å². The van der Waals surface area contributed by atoms with Crippen molar-refractivity contribution in [3.05, 3.63) is 42.0 Å². The molecule has 1 unspecified atom stereocenters. The van der Waals surface area contributed by atoms with Crippen LogP contribution in [0.3, 0.4) is 0 Å². The molecule has 2 rings (SSSR count). The third kappa shape index (κ3) is 6.54. The van der Waals surface area contributed by atoms with E-state index in [-0.39, 0.29) is 6.61 Å². The number of carbonyl (C=O) groups is 2. The van der Waals surface area contributed by atoms with Gasteiger partial charge in [-0.2, -0.15) is 0 Å². The van der Waals surface area contributed by atoms with Crippen LogP contribution in [-0.2, 0) is 14.3 Å². The fourth-order valence-corrected chi connectivity index (χ4v) is 3.41. The number of nitrogens with one attached hydrogen (secondary N) is 1. The largest absolute Gasteiger partial charge is 0.481 e. The fraction of sp³-hybridized carbons (Fsp3) is 0.524. The van der Waals surface area contributed by atoms with Crippen molar-refractivity contribution in [1.29, 1.82) is 0 Å². The second-order valence-electron chi connectivity index (χ2n) is 6.77. The van der Waals surface area contributed by atoms with Crippen LogP contribution < -0.4 is 5.32 Å². The topological polar surface area (TPSA) is 75.6 Å². The van der Waals surface area contributed by atoms with Crippen molar-refractivity contribution >= 4 is 17.6 Å². The number of carboxylic acids is 1. The van der Waals surface area contributed by atoms with Crippen LogP contribution in [0, 0.1) is 5.92 Å². The first kappa shape index (κ1) is 20.0. The van der Waals surface area contributed by atoms with Gasteiger partial charge >= 0.3 is 11.9 Å². The van der Waals surface area contributed by atoms with Gasteiger partial charge in [-0.05, 0) is 37.0 Å². The number of hydrogen-bond acceptors (Lipinski definition) is 4. The van der Waals surface area contributed by atoms with Gasteiger partial charge in [-0.15, -0.1) is 0 Å². The molecule has 1 aliphatic carbocycles. The molecular formula is C21H29NO4. The molecule has 0 aliphatic heterocycles. The van der Waals surface area contributed by atoms with E-state index in [9.17, 15) is 14.7 Å². The van der Waals surface area contributed by atoms with Crippen LogP contribution in [0.15, 0.2) is 36.4 Å². The van der Waals surface area contributed by atoms with E-state index in [4.69, 9.17) is 4.74 Å². The van der Waals surface area contributed by atoms with E-state index < -0.39 is 17.9 Å². The molecule has 2 N–H and O–H groups in total. The molecule has 0 saturated heterocycles. The van der Waals surface area contributed by atoms with Crippen molar-refractivity contribution in [3.8, 4) is 0 Å². The zero-order valence-corrected chi connectivity index (χ0v) is 15.4. The Bertz CT molecular complexity index is 603. The number of rotatable bonds is 9. The lowest BCUT2D eigenvalue weighted by Crippen LogP contribution is -2.12. The molecule has 1 saturated carbocycles. The first-order valence-electron chi connectivity index (χ1n) is 9.51. The summed E-state index contributed by atoms with van der Waals surface area (Å²) in [5.74, 6) is -1.56. The van der Waals surface area contributed by atoms with Gasteiger partial charge in [0.05, 0.1) is 6.61 Å². The zero-order valence-electron chi connectivity index (χ0n) is 15.4. The van der Waals surface area contributed by atoms with Crippen LogP contribution in [0.1, 0.15) is 56.9 Å². The molecule has 26 heavy (non-hydrogen) atoms. The van der Waals surface area contributed by atoms with Gasteiger partial charge in [0, 0.05) is 18.3 Å². The minimum absolute atomic E-state index is 0.266. The van der Waals surface area contributed by atoms with E-state index in [1.54, 1.807) is 19.1 Å². The summed E-state index contributed by atoms with van der Waals surface area (Å²) >= 11 is 0. The van der Waals surface area contributed by atoms with Crippen molar-refractivity contribution in [2.24, 2.45) is 5.92 Å².